The molecular formula is C33H48N8O. The second-order valence-corrected chi connectivity index (χ2v) is 12.5. The van der Waals surface area contributed by atoms with Gasteiger partial charge in [-0.2, -0.15) is 0 Å². The summed E-state index contributed by atoms with van der Waals surface area (Å²) in [4.78, 5) is 22.4. The lowest BCUT2D eigenvalue weighted by Crippen LogP contribution is -2.52. The van der Waals surface area contributed by atoms with Crippen LogP contribution in [0.4, 0.5) is 17.3 Å². The van der Waals surface area contributed by atoms with Crippen molar-refractivity contribution in [3.8, 4) is 11.1 Å². The molecule has 6 rings (SSSR count). The van der Waals surface area contributed by atoms with Crippen LogP contribution in [0.5, 0.6) is 0 Å². The van der Waals surface area contributed by atoms with E-state index in [1.54, 1.807) is 0 Å². The Labute approximate surface area is 250 Å². The smallest absolute Gasteiger partial charge is 0.151 e. The van der Waals surface area contributed by atoms with Crippen LogP contribution in [-0.2, 0) is 12.8 Å². The predicted molar refractivity (Wildman–Crippen MR) is 172 cm³/mol. The topological polar surface area (TPSA) is 107 Å². The van der Waals surface area contributed by atoms with Crippen molar-refractivity contribution in [1.29, 1.82) is 0 Å². The number of fused-ring (bicyclic) bond motifs is 1. The summed E-state index contributed by atoms with van der Waals surface area (Å²) in [7, 11) is 2.23. The molecule has 1 aromatic carbocycles. The molecule has 2 aliphatic heterocycles. The van der Waals surface area contributed by atoms with E-state index in [4.69, 9.17) is 15.7 Å². The van der Waals surface area contributed by atoms with Gasteiger partial charge in [-0.25, -0.2) is 15.0 Å². The van der Waals surface area contributed by atoms with Gasteiger partial charge in [0.05, 0.1) is 11.8 Å². The van der Waals surface area contributed by atoms with Gasteiger partial charge < -0.3 is 26.0 Å². The molecule has 0 bridgehead atoms. The number of nitrogens with zero attached hydrogens (tertiary/aromatic N) is 6. The van der Waals surface area contributed by atoms with E-state index in [0.29, 0.717) is 17.4 Å². The van der Waals surface area contributed by atoms with Gasteiger partial charge >= 0.3 is 0 Å². The van der Waals surface area contributed by atoms with Gasteiger partial charge in [-0.05, 0) is 81.7 Å². The maximum Gasteiger partial charge on any atom is 0.151 e. The lowest BCUT2D eigenvalue weighted by molar-refractivity contribution is 0.0982. The Balaban J connectivity index is 1.26. The number of nitrogens with two attached hydrogens (primary N) is 1. The molecule has 9 nitrogen and oxygen atoms in total. The second kappa shape index (κ2) is 12.7. The third-order valence-electron chi connectivity index (χ3n) is 9.75. The molecule has 1 saturated carbocycles. The number of nitrogen functional groups attached to an aromatic ring is 1. The number of benzene rings is 1. The first-order valence-electron chi connectivity index (χ1n) is 16.1. The van der Waals surface area contributed by atoms with Crippen molar-refractivity contribution in [2.24, 2.45) is 0 Å². The molecule has 9 heteroatoms. The molecule has 0 amide bonds. The fraction of sp³-hybridized carbons (Fsp3) is 0.606. The van der Waals surface area contributed by atoms with E-state index in [2.05, 4.69) is 64.1 Å². The second-order valence-electron chi connectivity index (χ2n) is 12.5. The monoisotopic (exact) mass is 572 g/mol. The first-order valence-corrected chi connectivity index (χ1v) is 16.1. The molecule has 4 heterocycles. The Morgan fingerprint density at radius 3 is 2.45 bits per heavy atom. The highest BCUT2D eigenvalue weighted by Crippen LogP contribution is 2.35. The number of hydrogen-bond donors (Lipinski definition) is 3. The van der Waals surface area contributed by atoms with Gasteiger partial charge in [0, 0.05) is 68.8 Å². The Kier molecular flexibility index (Phi) is 8.79. The van der Waals surface area contributed by atoms with Gasteiger partial charge in [0.1, 0.15) is 16.9 Å². The zero-order valence-corrected chi connectivity index (χ0v) is 25.6. The number of aliphatic hydroxyl groups excluding tert-OH is 1. The highest BCUT2D eigenvalue weighted by Gasteiger charge is 2.28. The Morgan fingerprint density at radius 2 is 1.74 bits per heavy atom. The van der Waals surface area contributed by atoms with Crippen LogP contribution >= 0.6 is 0 Å². The van der Waals surface area contributed by atoms with Crippen LogP contribution < -0.4 is 16.0 Å². The molecule has 3 aromatic rings. The van der Waals surface area contributed by atoms with Crippen LogP contribution in [0.2, 0.25) is 0 Å². The lowest BCUT2D eigenvalue weighted by atomic mass is 9.93. The molecule has 2 aromatic heterocycles. The van der Waals surface area contributed by atoms with Crippen molar-refractivity contribution < 1.29 is 5.11 Å². The summed E-state index contributed by atoms with van der Waals surface area (Å²) in [5, 5.41) is 13.8. The highest BCUT2D eigenvalue weighted by atomic mass is 16.3. The van der Waals surface area contributed by atoms with Crippen LogP contribution in [0.3, 0.4) is 0 Å². The Hall–Kier alpha value is -3.01. The molecule has 3 aliphatic rings. The number of anilines is 3. The first-order chi connectivity index (χ1) is 20.4. The number of rotatable bonds is 7. The fourth-order valence-corrected chi connectivity index (χ4v) is 7.16. The van der Waals surface area contributed by atoms with Gasteiger partial charge in [0.25, 0.3) is 0 Å². The minimum absolute atomic E-state index is 0.194. The van der Waals surface area contributed by atoms with E-state index in [-0.39, 0.29) is 12.1 Å². The molecule has 42 heavy (non-hydrogen) atoms. The fourth-order valence-electron chi connectivity index (χ4n) is 7.16. The number of nitrogens with one attached hydrogen (secondary N) is 1. The van der Waals surface area contributed by atoms with E-state index in [0.717, 1.165) is 79.8 Å². The maximum absolute atomic E-state index is 10.2. The third kappa shape index (κ3) is 6.05. The summed E-state index contributed by atoms with van der Waals surface area (Å²) in [6.07, 6.45) is 9.41. The standard InChI is InChI=1S/C33H48N8O/c1-4-22-19-23(9-10-29(22)41-13-11-25(12-14-41)40-17-15-39(3)16-18-40)27-21-35-32(34)31-30(27)38-33(28(5-2)37-31)36-24-7-6-8-26(42)20-24/h9-10,19,21,24-26,42H,4-8,11-18,20H2,1-3H3,(H2,34,35)(H,36,38). The minimum Gasteiger partial charge on any atom is -0.393 e. The van der Waals surface area contributed by atoms with Gasteiger partial charge in [0.2, 0.25) is 0 Å². The Morgan fingerprint density at radius 1 is 0.952 bits per heavy atom. The van der Waals surface area contributed by atoms with E-state index in [1.807, 2.05) is 6.20 Å². The quantitative estimate of drug-likeness (QED) is 0.381. The predicted octanol–water partition coefficient (Wildman–Crippen LogP) is 4.33. The molecule has 0 spiro atoms. The van der Waals surface area contributed by atoms with Crippen molar-refractivity contribution in [3.63, 3.8) is 0 Å². The van der Waals surface area contributed by atoms with E-state index in [1.165, 1.54) is 50.3 Å². The third-order valence-corrected chi connectivity index (χ3v) is 9.75. The zero-order chi connectivity index (χ0) is 29.2. The van der Waals surface area contributed by atoms with Crippen LogP contribution in [0, 0.1) is 0 Å². The molecule has 4 N–H and O–H groups in total. The summed E-state index contributed by atoms with van der Waals surface area (Å²) in [6.45, 7) is 11.3. The van der Waals surface area contributed by atoms with Gasteiger partial charge in [-0.1, -0.05) is 19.9 Å². The van der Waals surface area contributed by atoms with E-state index >= 15 is 0 Å². The summed E-state index contributed by atoms with van der Waals surface area (Å²) >= 11 is 0. The summed E-state index contributed by atoms with van der Waals surface area (Å²) < 4.78 is 0. The molecule has 2 saturated heterocycles. The number of piperidine rings is 1. The van der Waals surface area contributed by atoms with Gasteiger partial charge in [0.15, 0.2) is 5.82 Å². The maximum atomic E-state index is 10.2. The summed E-state index contributed by atoms with van der Waals surface area (Å²) in [5.41, 5.74) is 13.4. The first kappa shape index (κ1) is 29.1. The summed E-state index contributed by atoms with van der Waals surface area (Å²) in [5.74, 6) is 1.21. The van der Waals surface area contributed by atoms with E-state index < -0.39 is 0 Å². The van der Waals surface area contributed by atoms with Crippen LogP contribution in [0.15, 0.2) is 24.4 Å². The summed E-state index contributed by atoms with van der Waals surface area (Å²) in [6, 6.07) is 7.73. The SMILES string of the molecule is CCc1cc(-c2cnc(N)c3nc(CC)c(NC4CCCC(O)C4)nc23)ccc1N1CCC(N2CCN(C)CC2)CC1. The number of pyridine rings is 1. The van der Waals surface area contributed by atoms with Crippen LogP contribution in [-0.4, -0.2) is 94.4 Å². The lowest BCUT2D eigenvalue weighted by Gasteiger charge is -2.43. The van der Waals surface area contributed by atoms with Crippen molar-refractivity contribution in [3.05, 3.63) is 35.7 Å². The molecule has 226 valence electrons. The van der Waals surface area contributed by atoms with Crippen LogP contribution in [0.25, 0.3) is 22.2 Å². The molecule has 2 atom stereocenters. The normalized spacial score (nSPS) is 23.0. The molecule has 0 radical (unpaired) electrons. The molecule has 1 aliphatic carbocycles. The number of aliphatic hydroxyl groups is 1. The number of hydrogen-bond acceptors (Lipinski definition) is 9. The number of aromatic nitrogens is 3. The highest BCUT2D eigenvalue weighted by molar-refractivity contribution is 5.97. The number of piperazine rings is 1. The van der Waals surface area contributed by atoms with Gasteiger partial charge in [-0.3, -0.25) is 4.90 Å². The minimum atomic E-state index is -0.256. The van der Waals surface area contributed by atoms with Crippen molar-refractivity contribution >= 4 is 28.4 Å². The molecule has 3 fully saturated rings. The molecular weight excluding hydrogens is 524 g/mol. The Bertz CT molecular complexity index is 1380. The molecule has 2 unspecified atom stereocenters. The average molecular weight is 573 g/mol. The van der Waals surface area contributed by atoms with Gasteiger partial charge in [-0.15, -0.1) is 0 Å². The van der Waals surface area contributed by atoms with Crippen molar-refractivity contribution in [2.45, 2.75) is 83.4 Å². The zero-order valence-electron chi connectivity index (χ0n) is 25.6. The van der Waals surface area contributed by atoms with Crippen LogP contribution in [0.1, 0.15) is 63.6 Å². The van der Waals surface area contributed by atoms with Crippen molar-refractivity contribution in [1.82, 2.24) is 24.8 Å². The average Bonchev–Trinajstić information content (AvgIpc) is 3.01. The van der Waals surface area contributed by atoms with Crippen molar-refractivity contribution in [2.75, 3.05) is 62.3 Å². The largest absolute Gasteiger partial charge is 0.393 e. The number of likely N-dealkylation sites (N-methyl/N-ethyl adjacent to an activating group) is 1. The van der Waals surface area contributed by atoms with E-state index in [9.17, 15) is 5.11 Å². The number of aryl methyl sites for hydroxylation is 2.